The summed E-state index contributed by atoms with van der Waals surface area (Å²) in [5.74, 6) is -1.25. The quantitative estimate of drug-likeness (QED) is 0.556. The van der Waals surface area contributed by atoms with E-state index in [4.69, 9.17) is 11.6 Å². The fourth-order valence-electron chi connectivity index (χ4n) is 3.84. The van der Waals surface area contributed by atoms with Gasteiger partial charge in [-0.05, 0) is 57.6 Å². The van der Waals surface area contributed by atoms with Gasteiger partial charge in [-0.25, -0.2) is 0 Å². The Morgan fingerprint density at radius 1 is 1.00 bits per heavy atom. The van der Waals surface area contributed by atoms with Crippen molar-refractivity contribution in [2.45, 2.75) is 25.6 Å². The van der Waals surface area contributed by atoms with Crippen molar-refractivity contribution >= 4 is 34.8 Å². The highest BCUT2D eigenvalue weighted by atomic mass is 35.5. The van der Waals surface area contributed by atoms with Crippen molar-refractivity contribution in [3.05, 3.63) is 92.6 Å². The fourth-order valence-corrected chi connectivity index (χ4v) is 4.67. The molecular weight excluding hydrogens is 430 g/mol. The lowest BCUT2D eigenvalue weighted by Crippen LogP contribution is -2.45. The van der Waals surface area contributed by atoms with Crippen LogP contribution in [0.2, 0.25) is 5.02 Å². The van der Waals surface area contributed by atoms with Gasteiger partial charge in [0.2, 0.25) is 0 Å². The zero-order valence-electron chi connectivity index (χ0n) is 17.0. The van der Waals surface area contributed by atoms with E-state index in [1.54, 1.807) is 23.5 Å². The molecule has 0 aliphatic carbocycles. The van der Waals surface area contributed by atoms with Crippen molar-refractivity contribution < 1.29 is 9.59 Å². The first-order valence-electron chi connectivity index (χ1n) is 10.2. The molecule has 1 aromatic heterocycles. The third kappa shape index (κ3) is 5.53. The maximum atomic E-state index is 12.4. The monoisotopic (exact) mass is 453 g/mol. The average Bonchev–Trinajstić information content (AvgIpc) is 3.33. The van der Waals surface area contributed by atoms with Crippen LogP contribution in [0.3, 0.4) is 0 Å². The molecule has 0 saturated heterocycles. The summed E-state index contributed by atoms with van der Waals surface area (Å²) >= 11 is 7.51. The second-order valence-corrected chi connectivity index (χ2v) is 8.80. The molecule has 2 amide bonds. The van der Waals surface area contributed by atoms with Gasteiger partial charge in [0.1, 0.15) is 0 Å². The zero-order valence-corrected chi connectivity index (χ0v) is 18.6. The zero-order chi connectivity index (χ0) is 21.6. The topological polar surface area (TPSA) is 61.4 Å². The number of nitrogens with zero attached hydrogens (tertiary/aromatic N) is 1. The van der Waals surface area contributed by atoms with Gasteiger partial charge in [-0.2, -0.15) is 11.3 Å². The minimum atomic E-state index is -0.636. The molecule has 3 aromatic rings. The lowest BCUT2D eigenvalue weighted by atomic mass is 9.97. The van der Waals surface area contributed by atoms with Crippen LogP contribution >= 0.6 is 22.9 Å². The maximum Gasteiger partial charge on any atom is 0.309 e. The minimum absolute atomic E-state index is 0.0209. The number of carbonyl (C=O) groups is 2. The molecule has 160 valence electrons. The van der Waals surface area contributed by atoms with Gasteiger partial charge in [-0.3, -0.25) is 14.5 Å². The van der Waals surface area contributed by atoms with Crippen molar-refractivity contribution in [2.24, 2.45) is 0 Å². The van der Waals surface area contributed by atoms with Gasteiger partial charge in [0, 0.05) is 31.2 Å². The number of carbonyl (C=O) groups excluding carboxylic acids is 2. The number of amides is 2. The van der Waals surface area contributed by atoms with Gasteiger partial charge in [0.15, 0.2) is 0 Å². The van der Waals surface area contributed by atoms with E-state index in [-0.39, 0.29) is 12.6 Å². The van der Waals surface area contributed by atoms with E-state index in [0.717, 1.165) is 30.6 Å². The van der Waals surface area contributed by atoms with Crippen molar-refractivity contribution in [3.63, 3.8) is 0 Å². The van der Waals surface area contributed by atoms with E-state index in [9.17, 15) is 9.59 Å². The maximum absolute atomic E-state index is 12.4. The first kappa shape index (κ1) is 21.6. The first-order valence-corrected chi connectivity index (χ1v) is 11.6. The molecular formula is C24H24ClN3O2S. The number of hydrogen-bond acceptors (Lipinski definition) is 4. The first-order chi connectivity index (χ1) is 15.1. The van der Waals surface area contributed by atoms with Crippen LogP contribution in [-0.2, 0) is 29.1 Å². The second kappa shape index (κ2) is 10.1. The fraction of sp³-hybridized carbons (Fsp3) is 0.250. The smallest absolute Gasteiger partial charge is 0.309 e. The summed E-state index contributed by atoms with van der Waals surface area (Å²) in [7, 11) is 0. The molecule has 0 fully saturated rings. The van der Waals surface area contributed by atoms with Crippen molar-refractivity contribution in [1.82, 2.24) is 15.5 Å². The summed E-state index contributed by atoms with van der Waals surface area (Å²) in [6, 6.07) is 17.7. The lowest BCUT2D eigenvalue weighted by molar-refractivity contribution is -0.139. The standard InChI is InChI=1S/C24H24ClN3O2S/c25-21-7-5-17(6-8-21)13-26-23(29)24(30)27-14-22(20-10-12-31-16-20)28-11-9-18-3-1-2-4-19(18)15-28/h1-8,10,12,16,22H,9,11,13-15H2,(H,26,29)(H,27,30). The predicted molar refractivity (Wildman–Crippen MR) is 124 cm³/mol. The molecule has 2 aromatic carbocycles. The van der Waals surface area contributed by atoms with Gasteiger partial charge in [0.05, 0.1) is 6.04 Å². The summed E-state index contributed by atoms with van der Waals surface area (Å²) in [5.41, 5.74) is 4.74. The van der Waals surface area contributed by atoms with E-state index in [1.807, 2.05) is 17.5 Å². The minimum Gasteiger partial charge on any atom is -0.346 e. The lowest BCUT2D eigenvalue weighted by Gasteiger charge is -2.35. The SMILES string of the molecule is O=C(NCc1ccc(Cl)cc1)C(=O)NCC(c1ccsc1)N1CCc2ccccc2C1. The third-order valence-electron chi connectivity index (χ3n) is 5.56. The number of halogens is 1. The second-order valence-electron chi connectivity index (χ2n) is 7.58. The molecule has 0 bridgehead atoms. The van der Waals surface area contributed by atoms with E-state index in [2.05, 4.69) is 51.2 Å². The van der Waals surface area contributed by atoms with Gasteiger partial charge in [0.25, 0.3) is 0 Å². The Morgan fingerprint density at radius 3 is 2.48 bits per heavy atom. The number of thiophene rings is 1. The normalized spacial score (nSPS) is 14.5. The molecule has 1 aliphatic rings. The average molecular weight is 454 g/mol. The highest BCUT2D eigenvalue weighted by Crippen LogP contribution is 2.28. The molecule has 0 spiro atoms. The Hall–Kier alpha value is -2.67. The highest BCUT2D eigenvalue weighted by molar-refractivity contribution is 7.08. The van der Waals surface area contributed by atoms with E-state index >= 15 is 0 Å². The van der Waals surface area contributed by atoms with Crippen LogP contribution in [0.1, 0.15) is 28.3 Å². The van der Waals surface area contributed by atoms with Crippen LogP contribution in [0.15, 0.2) is 65.4 Å². The van der Waals surface area contributed by atoms with E-state index in [1.165, 1.54) is 11.1 Å². The number of fused-ring (bicyclic) bond motifs is 1. The van der Waals surface area contributed by atoms with Crippen LogP contribution < -0.4 is 10.6 Å². The van der Waals surface area contributed by atoms with Gasteiger partial charge in [-0.15, -0.1) is 0 Å². The van der Waals surface area contributed by atoms with Gasteiger partial charge >= 0.3 is 11.8 Å². The highest BCUT2D eigenvalue weighted by Gasteiger charge is 2.26. The largest absolute Gasteiger partial charge is 0.346 e. The predicted octanol–water partition coefficient (Wildman–Crippen LogP) is 3.93. The Kier molecular flexibility index (Phi) is 7.02. The third-order valence-corrected chi connectivity index (χ3v) is 6.51. The molecule has 31 heavy (non-hydrogen) atoms. The van der Waals surface area contributed by atoms with Crippen LogP contribution in [0.25, 0.3) is 0 Å². The number of hydrogen-bond donors (Lipinski definition) is 2. The van der Waals surface area contributed by atoms with Crippen LogP contribution in [0.5, 0.6) is 0 Å². The molecule has 2 N–H and O–H groups in total. The molecule has 2 heterocycles. The molecule has 1 atom stereocenters. The van der Waals surface area contributed by atoms with Crippen LogP contribution in [0.4, 0.5) is 0 Å². The van der Waals surface area contributed by atoms with Crippen LogP contribution in [0, 0.1) is 0 Å². The summed E-state index contributed by atoms with van der Waals surface area (Å²) in [6.45, 7) is 2.40. The summed E-state index contributed by atoms with van der Waals surface area (Å²) in [5, 5.41) is 10.3. The molecule has 5 nitrogen and oxygen atoms in total. The van der Waals surface area contributed by atoms with E-state index < -0.39 is 11.8 Å². The van der Waals surface area contributed by atoms with Crippen molar-refractivity contribution in [1.29, 1.82) is 0 Å². The molecule has 7 heteroatoms. The van der Waals surface area contributed by atoms with Crippen LogP contribution in [-0.4, -0.2) is 29.8 Å². The Labute approximate surface area is 191 Å². The number of benzene rings is 2. The summed E-state index contributed by atoms with van der Waals surface area (Å²) < 4.78 is 0. The van der Waals surface area contributed by atoms with Gasteiger partial charge < -0.3 is 10.6 Å². The van der Waals surface area contributed by atoms with E-state index in [0.29, 0.717) is 11.6 Å². The molecule has 0 radical (unpaired) electrons. The number of nitrogens with one attached hydrogen (secondary N) is 2. The van der Waals surface area contributed by atoms with Crippen molar-refractivity contribution in [2.75, 3.05) is 13.1 Å². The summed E-state index contributed by atoms with van der Waals surface area (Å²) in [4.78, 5) is 27.0. The molecule has 4 rings (SSSR count). The van der Waals surface area contributed by atoms with Crippen molar-refractivity contribution in [3.8, 4) is 0 Å². The number of rotatable bonds is 6. The molecule has 0 saturated carbocycles. The molecule has 1 aliphatic heterocycles. The van der Waals surface area contributed by atoms with Gasteiger partial charge in [-0.1, -0.05) is 48.0 Å². The summed E-state index contributed by atoms with van der Waals surface area (Å²) in [6.07, 6.45) is 0.979. The Bertz CT molecular complexity index is 1040. The Balaban J connectivity index is 1.36. The Morgan fingerprint density at radius 2 is 1.74 bits per heavy atom. The molecule has 1 unspecified atom stereocenters.